The molecule has 0 aromatic carbocycles. The Bertz CT molecular complexity index is 285. The topological polar surface area (TPSA) is 47.3 Å². The second-order valence-corrected chi connectivity index (χ2v) is 4.39. The van der Waals surface area contributed by atoms with E-state index in [9.17, 15) is 0 Å². The van der Waals surface area contributed by atoms with Crippen molar-refractivity contribution in [3.63, 3.8) is 0 Å². The maximum absolute atomic E-state index is 5.41. The summed E-state index contributed by atoms with van der Waals surface area (Å²) in [6.45, 7) is 5.68. The number of rotatable bonds is 6. The molecule has 0 bridgehead atoms. The molecule has 1 fully saturated rings. The van der Waals surface area contributed by atoms with Gasteiger partial charge >= 0.3 is 6.08 Å². The van der Waals surface area contributed by atoms with Gasteiger partial charge in [-0.25, -0.2) is 0 Å². The summed E-state index contributed by atoms with van der Waals surface area (Å²) in [6.07, 6.45) is 4.62. The van der Waals surface area contributed by atoms with Crippen LogP contribution in [-0.4, -0.2) is 17.6 Å². The third kappa shape index (κ3) is 3.55. The molecule has 2 rings (SSSR count). The molecule has 1 heterocycles. The molecular formula is C11H18N2O2. The zero-order valence-corrected chi connectivity index (χ0v) is 9.32. The van der Waals surface area contributed by atoms with E-state index in [1.54, 1.807) is 6.26 Å². The van der Waals surface area contributed by atoms with Crippen LogP contribution in [0, 0.1) is 5.92 Å². The normalized spacial score (nSPS) is 15.9. The largest absolute Gasteiger partial charge is 0.450 e. The lowest BCUT2D eigenvalue weighted by Crippen LogP contribution is -2.21. The van der Waals surface area contributed by atoms with E-state index in [4.69, 9.17) is 9.15 Å². The molecule has 1 aromatic heterocycles. The van der Waals surface area contributed by atoms with E-state index in [0.717, 1.165) is 24.8 Å². The molecule has 0 spiro atoms. The first-order valence-corrected chi connectivity index (χ1v) is 5.54. The van der Waals surface area contributed by atoms with Crippen LogP contribution in [0.4, 0.5) is 0 Å². The van der Waals surface area contributed by atoms with Gasteiger partial charge in [0, 0.05) is 12.6 Å². The Hall–Kier alpha value is -1.03. The lowest BCUT2D eigenvalue weighted by molar-refractivity contribution is 0.219. The number of aromatic nitrogens is 1. The van der Waals surface area contributed by atoms with E-state index in [0.29, 0.717) is 12.1 Å². The molecule has 4 heteroatoms. The molecular weight excluding hydrogens is 192 g/mol. The molecule has 1 N–H and O–H groups in total. The van der Waals surface area contributed by atoms with Crippen molar-refractivity contribution in [2.24, 2.45) is 5.92 Å². The first kappa shape index (κ1) is 10.5. The molecule has 1 saturated carbocycles. The van der Waals surface area contributed by atoms with Gasteiger partial charge in [0.05, 0.1) is 12.3 Å². The third-order valence-electron chi connectivity index (χ3n) is 2.36. The van der Waals surface area contributed by atoms with Crippen molar-refractivity contribution in [3.8, 4) is 6.08 Å². The maximum Gasteiger partial charge on any atom is 0.393 e. The molecule has 0 saturated heterocycles. The first-order valence-electron chi connectivity index (χ1n) is 5.54. The van der Waals surface area contributed by atoms with Gasteiger partial charge in [-0.2, -0.15) is 4.98 Å². The minimum atomic E-state index is 0.405. The second kappa shape index (κ2) is 4.66. The van der Waals surface area contributed by atoms with Gasteiger partial charge in [0.1, 0.15) is 6.26 Å². The average molecular weight is 210 g/mol. The van der Waals surface area contributed by atoms with Crippen molar-refractivity contribution in [3.05, 3.63) is 12.0 Å². The molecule has 84 valence electrons. The van der Waals surface area contributed by atoms with Crippen molar-refractivity contribution >= 4 is 0 Å². The van der Waals surface area contributed by atoms with Gasteiger partial charge in [-0.15, -0.1) is 0 Å². The van der Waals surface area contributed by atoms with Crippen LogP contribution in [0.5, 0.6) is 6.08 Å². The smallest absolute Gasteiger partial charge is 0.393 e. The summed E-state index contributed by atoms with van der Waals surface area (Å²) in [6, 6.07) is 0.456. The Morgan fingerprint density at radius 1 is 1.60 bits per heavy atom. The lowest BCUT2D eigenvalue weighted by Gasteiger charge is -2.03. The van der Waals surface area contributed by atoms with Crippen LogP contribution in [0.15, 0.2) is 10.7 Å². The fraction of sp³-hybridized carbons (Fsp3) is 0.727. The van der Waals surface area contributed by atoms with E-state index in [-0.39, 0.29) is 0 Å². The predicted molar refractivity (Wildman–Crippen MR) is 56.7 cm³/mol. The van der Waals surface area contributed by atoms with Gasteiger partial charge in [-0.3, -0.25) is 0 Å². The lowest BCUT2D eigenvalue weighted by atomic mass is 10.4. The van der Waals surface area contributed by atoms with Crippen LogP contribution >= 0.6 is 0 Å². The van der Waals surface area contributed by atoms with E-state index in [1.165, 1.54) is 12.8 Å². The molecule has 0 radical (unpaired) electrons. The molecule has 1 aromatic rings. The summed E-state index contributed by atoms with van der Waals surface area (Å²) in [5.74, 6) is 0.731. The maximum atomic E-state index is 5.41. The monoisotopic (exact) mass is 210 g/mol. The molecule has 0 atom stereocenters. The zero-order valence-electron chi connectivity index (χ0n) is 9.32. The minimum absolute atomic E-state index is 0.405. The van der Waals surface area contributed by atoms with Crippen LogP contribution in [0.2, 0.25) is 0 Å². The number of nitrogens with zero attached hydrogens (tertiary/aromatic N) is 1. The standard InChI is InChI=1S/C11H18N2O2/c1-8(2)12-5-10-7-15-11(13-10)14-6-9-3-4-9/h7-9,12H,3-6H2,1-2H3. The number of ether oxygens (including phenoxy) is 1. The molecule has 0 unspecified atom stereocenters. The Balaban J connectivity index is 1.75. The molecule has 1 aliphatic rings. The summed E-state index contributed by atoms with van der Waals surface area (Å²) in [5, 5.41) is 3.27. The number of nitrogens with one attached hydrogen (secondary N) is 1. The van der Waals surface area contributed by atoms with Crippen molar-refractivity contribution < 1.29 is 9.15 Å². The number of hydrogen-bond donors (Lipinski definition) is 1. The van der Waals surface area contributed by atoms with Crippen LogP contribution in [0.3, 0.4) is 0 Å². The van der Waals surface area contributed by atoms with Gasteiger partial charge in [-0.05, 0) is 18.8 Å². The summed E-state index contributed by atoms with van der Waals surface area (Å²) in [4.78, 5) is 4.23. The molecule has 0 aliphatic heterocycles. The first-order chi connectivity index (χ1) is 7.24. The Labute approximate surface area is 90.0 Å². The van der Waals surface area contributed by atoms with Crippen LogP contribution < -0.4 is 10.1 Å². The highest BCUT2D eigenvalue weighted by Crippen LogP contribution is 2.29. The zero-order chi connectivity index (χ0) is 10.7. The SMILES string of the molecule is CC(C)NCc1coc(OCC2CC2)n1. The van der Waals surface area contributed by atoms with Gasteiger partial charge in [0.25, 0.3) is 0 Å². The highest BCUT2D eigenvalue weighted by molar-refractivity contribution is 4.99. The van der Waals surface area contributed by atoms with E-state index in [2.05, 4.69) is 24.1 Å². The summed E-state index contributed by atoms with van der Waals surface area (Å²) in [5.41, 5.74) is 0.898. The highest BCUT2D eigenvalue weighted by atomic mass is 16.6. The van der Waals surface area contributed by atoms with Crippen molar-refractivity contribution in [2.75, 3.05) is 6.61 Å². The summed E-state index contributed by atoms with van der Waals surface area (Å²) >= 11 is 0. The predicted octanol–water partition coefficient (Wildman–Crippen LogP) is 1.96. The fourth-order valence-electron chi connectivity index (χ4n) is 1.22. The second-order valence-electron chi connectivity index (χ2n) is 4.39. The molecule has 4 nitrogen and oxygen atoms in total. The van der Waals surface area contributed by atoms with Crippen molar-refractivity contribution in [1.82, 2.24) is 10.3 Å². The molecule has 0 amide bonds. The quantitative estimate of drug-likeness (QED) is 0.779. The molecule has 15 heavy (non-hydrogen) atoms. The van der Waals surface area contributed by atoms with Crippen molar-refractivity contribution in [1.29, 1.82) is 0 Å². The summed E-state index contributed by atoms with van der Waals surface area (Å²) in [7, 11) is 0. The van der Waals surface area contributed by atoms with Gasteiger partial charge in [0.15, 0.2) is 0 Å². The van der Waals surface area contributed by atoms with E-state index >= 15 is 0 Å². The van der Waals surface area contributed by atoms with Gasteiger partial charge < -0.3 is 14.5 Å². The number of hydrogen-bond acceptors (Lipinski definition) is 4. The fourth-order valence-corrected chi connectivity index (χ4v) is 1.22. The van der Waals surface area contributed by atoms with Crippen molar-refractivity contribution in [2.45, 2.75) is 39.3 Å². The Morgan fingerprint density at radius 2 is 2.40 bits per heavy atom. The average Bonchev–Trinajstić information content (AvgIpc) is 2.92. The van der Waals surface area contributed by atoms with Crippen LogP contribution in [0.25, 0.3) is 0 Å². The summed E-state index contributed by atoms with van der Waals surface area (Å²) < 4.78 is 10.6. The minimum Gasteiger partial charge on any atom is -0.450 e. The Morgan fingerprint density at radius 3 is 3.07 bits per heavy atom. The highest BCUT2D eigenvalue weighted by Gasteiger charge is 2.22. The van der Waals surface area contributed by atoms with Gasteiger partial charge in [-0.1, -0.05) is 13.8 Å². The van der Waals surface area contributed by atoms with E-state index in [1.807, 2.05) is 0 Å². The molecule has 1 aliphatic carbocycles. The van der Waals surface area contributed by atoms with E-state index < -0.39 is 0 Å². The Kier molecular flexibility index (Phi) is 3.26. The van der Waals surface area contributed by atoms with Gasteiger partial charge in [0.2, 0.25) is 0 Å². The third-order valence-corrected chi connectivity index (χ3v) is 2.36. The van der Waals surface area contributed by atoms with Crippen LogP contribution in [-0.2, 0) is 6.54 Å². The van der Waals surface area contributed by atoms with Crippen LogP contribution in [0.1, 0.15) is 32.4 Å². The number of oxazole rings is 1.